The Bertz CT molecular complexity index is 1050. The summed E-state index contributed by atoms with van der Waals surface area (Å²) < 4.78 is 5.44. The Morgan fingerprint density at radius 2 is 1.85 bits per heavy atom. The van der Waals surface area contributed by atoms with E-state index in [4.69, 9.17) is 9.84 Å². The van der Waals surface area contributed by atoms with Gasteiger partial charge in [-0.05, 0) is 55.0 Å². The molecular formula is C24H26N2O7. The Hall–Kier alpha value is -3.88. The van der Waals surface area contributed by atoms with Crippen LogP contribution >= 0.6 is 0 Å². The summed E-state index contributed by atoms with van der Waals surface area (Å²) in [6, 6.07) is 11.4. The number of nitrogens with one attached hydrogen (secondary N) is 1. The summed E-state index contributed by atoms with van der Waals surface area (Å²) in [5.74, 6) is -2.81. The van der Waals surface area contributed by atoms with Crippen LogP contribution in [-0.4, -0.2) is 46.7 Å². The summed E-state index contributed by atoms with van der Waals surface area (Å²) in [6.45, 7) is 2.35. The van der Waals surface area contributed by atoms with Crippen molar-refractivity contribution in [1.29, 1.82) is 0 Å². The van der Waals surface area contributed by atoms with Crippen LogP contribution in [0.4, 0.5) is 10.5 Å². The van der Waals surface area contributed by atoms with Crippen LogP contribution in [0.25, 0.3) is 0 Å². The van der Waals surface area contributed by atoms with E-state index >= 15 is 0 Å². The van der Waals surface area contributed by atoms with Crippen molar-refractivity contribution in [3.8, 4) is 0 Å². The highest BCUT2D eigenvalue weighted by molar-refractivity contribution is 5.99. The molecule has 0 fully saturated rings. The third-order valence-corrected chi connectivity index (χ3v) is 5.43. The first-order valence-corrected chi connectivity index (χ1v) is 10.6. The lowest BCUT2D eigenvalue weighted by Crippen LogP contribution is -2.40. The molecule has 0 saturated heterocycles. The van der Waals surface area contributed by atoms with Crippen molar-refractivity contribution in [2.75, 3.05) is 11.4 Å². The van der Waals surface area contributed by atoms with Crippen LogP contribution in [0.5, 0.6) is 0 Å². The number of rotatable bonds is 9. The van der Waals surface area contributed by atoms with Crippen LogP contribution in [0.3, 0.4) is 0 Å². The average molecular weight is 454 g/mol. The number of hydrogen-bond acceptors (Lipinski definition) is 5. The molecule has 2 aromatic carbocycles. The molecule has 0 aliphatic carbocycles. The van der Waals surface area contributed by atoms with E-state index in [1.165, 1.54) is 0 Å². The van der Waals surface area contributed by atoms with Crippen LogP contribution < -0.4 is 10.2 Å². The van der Waals surface area contributed by atoms with Crippen molar-refractivity contribution < 1.29 is 34.1 Å². The molecule has 0 aromatic heterocycles. The van der Waals surface area contributed by atoms with E-state index < -0.39 is 30.0 Å². The number of fused-ring (bicyclic) bond motifs is 1. The number of amides is 2. The number of carboxylic acids is 2. The molecule has 1 aliphatic rings. The fourth-order valence-corrected chi connectivity index (χ4v) is 3.84. The summed E-state index contributed by atoms with van der Waals surface area (Å²) in [5, 5.41) is 20.5. The lowest BCUT2D eigenvalue weighted by molar-refractivity contribution is -0.140. The van der Waals surface area contributed by atoms with Gasteiger partial charge in [-0.2, -0.15) is 0 Å². The smallest absolute Gasteiger partial charge is 0.414 e. The van der Waals surface area contributed by atoms with Gasteiger partial charge in [0.25, 0.3) is 5.91 Å². The predicted octanol–water partition coefficient (Wildman–Crippen LogP) is 3.13. The Kier molecular flexibility index (Phi) is 7.66. The largest absolute Gasteiger partial charge is 0.481 e. The zero-order valence-corrected chi connectivity index (χ0v) is 18.2. The van der Waals surface area contributed by atoms with Gasteiger partial charge in [0.15, 0.2) is 0 Å². The molecule has 0 bridgehead atoms. The number of aryl methyl sites for hydroxylation is 1. The third-order valence-electron chi connectivity index (χ3n) is 5.43. The van der Waals surface area contributed by atoms with Crippen LogP contribution in [0.1, 0.15) is 46.3 Å². The lowest BCUT2D eigenvalue weighted by Gasteiger charge is -2.20. The molecule has 1 heterocycles. The van der Waals surface area contributed by atoms with Gasteiger partial charge in [-0.3, -0.25) is 14.5 Å². The second-order valence-electron chi connectivity index (χ2n) is 7.89. The molecule has 9 nitrogen and oxygen atoms in total. The van der Waals surface area contributed by atoms with E-state index in [9.17, 15) is 24.3 Å². The van der Waals surface area contributed by atoms with Gasteiger partial charge < -0.3 is 20.3 Å². The molecule has 1 unspecified atom stereocenters. The zero-order chi connectivity index (χ0) is 24.0. The molecule has 3 N–H and O–H groups in total. The molecule has 0 radical (unpaired) electrons. The number of carbonyl (C=O) groups excluding carboxylic acids is 2. The maximum absolute atomic E-state index is 12.7. The highest BCUT2D eigenvalue weighted by Crippen LogP contribution is 2.33. The third kappa shape index (κ3) is 6.09. The van der Waals surface area contributed by atoms with Crippen molar-refractivity contribution in [2.45, 2.75) is 45.3 Å². The van der Waals surface area contributed by atoms with E-state index in [1.807, 2.05) is 30.3 Å². The number of anilines is 1. The molecule has 174 valence electrons. The van der Waals surface area contributed by atoms with Gasteiger partial charge in [-0.25, -0.2) is 9.59 Å². The van der Waals surface area contributed by atoms with E-state index in [1.54, 1.807) is 24.0 Å². The minimum absolute atomic E-state index is 0.0122. The number of nitrogens with zero attached hydrogens (tertiary/aromatic N) is 1. The van der Waals surface area contributed by atoms with Crippen molar-refractivity contribution in [2.24, 2.45) is 0 Å². The van der Waals surface area contributed by atoms with Crippen molar-refractivity contribution in [3.05, 3.63) is 64.7 Å². The number of ether oxygens (including phenoxy) is 1. The molecule has 33 heavy (non-hydrogen) atoms. The minimum Gasteiger partial charge on any atom is -0.481 e. The quantitative estimate of drug-likeness (QED) is 0.530. The standard InChI is InChI=1S/C24H26N2O7/c1-15-12-18(22(29)25-19(23(30)31)8-5-9-20(27)28)13-17-10-11-26(21(15)17)24(32)33-14-16-6-3-2-4-7-16/h2-4,6-7,12-13,19H,5,8-11,14H2,1H3,(H,25,29)(H,27,28)(H,30,31). The molecule has 3 rings (SSSR count). The molecular weight excluding hydrogens is 428 g/mol. The molecule has 0 saturated carbocycles. The van der Waals surface area contributed by atoms with Gasteiger partial charge in [0.1, 0.15) is 12.6 Å². The van der Waals surface area contributed by atoms with E-state index in [2.05, 4.69) is 5.32 Å². The molecule has 1 aliphatic heterocycles. The summed E-state index contributed by atoms with van der Waals surface area (Å²) >= 11 is 0. The van der Waals surface area contributed by atoms with Gasteiger partial charge >= 0.3 is 18.0 Å². The minimum atomic E-state index is -1.22. The second-order valence-corrected chi connectivity index (χ2v) is 7.89. The van der Waals surface area contributed by atoms with Crippen molar-refractivity contribution in [3.63, 3.8) is 0 Å². The first-order valence-electron chi connectivity index (χ1n) is 10.6. The molecule has 2 aromatic rings. The second kappa shape index (κ2) is 10.6. The van der Waals surface area contributed by atoms with Gasteiger partial charge in [0.2, 0.25) is 0 Å². The molecule has 1 atom stereocenters. The maximum Gasteiger partial charge on any atom is 0.414 e. The predicted molar refractivity (Wildman–Crippen MR) is 119 cm³/mol. The summed E-state index contributed by atoms with van der Waals surface area (Å²) in [5.41, 5.74) is 3.36. The van der Waals surface area contributed by atoms with Gasteiger partial charge in [0.05, 0.1) is 5.69 Å². The molecule has 9 heteroatoms. The van der Waals surface area contributed by atoms with Gasteiger partial charge in [-0.1, -0.05) is 30.3 Å². The Labute approximate surface area is 191 Å². The maximum atomic E-state index is 12.7. The first kappa shape index (κ1) is 23.8. The normalized spacial score (nSPS) is 13.2. The van der Waals surface area contributed by atoms with Gasteiger partial charge in [-0.15, -0.1) is 0 Å². The van der Waals surface area contributed by atoms with Crippen LogP contribution in [0, 0.1) is 6.92 Å². The fraction of sp³-hybridized carbons (Fsp3) is 0.333. The monoisotopic (exact) mass is 454 g/mol. The highest BCUT2D eigenvalue weighted by atomic mass is 16.6. The summed E-state index contributed by atoms with van der Waals surface area (Å²) in [7, 11) is 0. The van der Waals surface area contributed by atoms with Gasteiger partial charge in [0, 0.05) is 18.5 Å². The Balaban J connectivity index is 1.67. The van der Waals surface area contributed by atoms with Crippen molar-refractivity contribution in [1.82, 2.24) is 5.32 Å². The number of benzene rings is 2. The van der Waals surface area contributed by atoms with Crippen LogP contribution in [0.15, 0.2) is 42.5 Å². The average Bonchev–Trinajstić information content (AvgIpc) is 3.22. The SMILES string of the molecule is Cc1cc(C(=O)NC(CCCC(=O)O)C(=O)O)cc2c1N(C(=O)OCc1ccccc1)CC2. The summed E-state index contributed by atoms with van der Waals surface area (Å²) in [4.78, 5) is 49.0. The topological polar surface area (TPSA) is 133 Å². The summed E-state index contributed by atoms with van der Waals surface area (Å²) in [6.07, 6.45) is 0.0445. The molecule has 2 amide bonds. The van der Waals surface area contributed by atoms with E-state index in [0.29, 0.717) is 24.2 Å². The highest BCUT2D eigenvalue weighted by Gasteiger charge is 2.29. The number of carboxylic acid groups (broad SMARTS) is 2. The van der Waals surface area contributed by atoms with E-state index in [0.717, 1.165) is 11.1 Å². The van der Waals surface area contributed by atoms with E-state index in [-0.39, 0.29) is 31.4 Å². The first-order chi connectivity index (χ1) is 15.8. The Morgan fingerprint density at radius 1 is 1.12 bits per heavy atom. The number of carbonyl (C=O) groups is 4. The number of aliphatic carboxylic acids is 2. The molecule has 0 spiro atoms. The van der Waals surface area contributed by atoms with Crippen LogP contribution in [-0.2, 0) is 27.4 Å². The fourth-order valence-electron chi connectivity index (χ4n) is 3.84. The zero-order valence-electron chi connectivity index (χ0n) is 18.2. The Morgan fingerprint density at radius 3 is 2.52 bits per heavy atom. The number of hydrogen-bond donors (Lipinski definition) is 3. The van der Waals surface area contributed by atoms with Crippen molar-refractivity contribution >= 4 is 29.6 Å². The lowest BCUT2D eigenvalue weighted by atomic mass is 10.0. The van der Waals surface area contributed by atoms with Crippen LogP contribution in [0.2, 0.25) is 0 Å².